The van der Waals surface area contributed by atoms with Gasteiger partial charge < -0.3 is 5.11 Å². The molecule has 1 nitrogen and oxygen atoms in total. The first-order chi connectivity index (χ1) is 7.24. The summed E-state index contributed by atoms with van der Waals surface area (Å²) in [5.41, 5.74) is -0.272. The second kappa shape index (κ2) is 4.86. The molecule has 1 N–H and O–H groups in total. The lowest BCUT2D eigenvalue weighted by molar-refractivity contribution is -0.0706. The lowest BCUT2D eigenvalue weighted by Crippen LogP contribution is -2.42. The molecule has 0 bridgehead atoms. The zero-order valence-corrected chi connectivity index (χ0v) is 10.2. The number of hydrogen-bond donors (Lipinski definition) is 1. The molecule has 0 spiro atoms. The molecule has 0 amide bonds. The molecule has 2 saturated carbocycles. The summed E-state index contributed by atoms with van der Waals surface area (Å²) in [5.74, 6) is 1.53. The van der Waals surface area contributed by atoms with Gasteiger partial charge in [0.05, 0.1) is 5.60 Å². The molecule has 2 fully saturated rings. The Morgan fingerprint density at radius 3 is 2.13 bits per heavy atom. The quantitative estimate of drug-likeness (QED) is 0.733. The lowest BCUT2D eigenvalue weighted by atomic mass is 9.67. The van der Waals surface area contributed by atoms with E-state index in [0.29, 0.717) is 5.92 Å². The van der Waals surface area contributed by atoms with Crippen LogP contribution in [0, 0.1) is 11.8 Å². The van der Waals surface area contributed by atoms with Gasteiger partial charge in [-0.05, 0) is 50.4 Å². The Morgan fingerprint density at radius 1 is 1.00 bits per heavy atom. The summed E-state index contributed by atoms with van der Waals surface area (Å²) < 4.78 is 0. The predicted octanol–water partition coefficient (Wildman–Crippen LogP) is 3.90. The van der Waals surface area contributed by atoms with E-state index in [4.69, 9.17) is 0 Å². The lowest BCUT2D eigenvalue weighted by Gasteiger charge is -2.43. The van der Waals surface area contributed by atoms with Gasteiger partial charge in [0.25, 0.3) is 0 Å². The van der Waals surface area contributed by atoms with E-state index in [1.807, 2.05) is 0 Å². The zero-order valence-electron chi connectivity index (χ0n) is 10.2. The highest BCUT2D eigenvalue weighted by Crippen LogP contribution is 2.43. The van der Waals surface area contributed by atoms with Crippen molar-refractivity contribution in [1.29, 1.82) is 0 Å². The van der Waals surface area contributed by atoms with Gasteiger partial charge in [-0.15, -0.1) is 0 Å². The summed E-state index contributed by atoms with van der Waals surface area (Å²) in [6.45, 7) is 2.29. The van der Waals surface area contributed by atoms with Gasteiger partial charge in [-0.3, -0.25) is 0 Å². The maximum atomic E-state index is 10.7. The third-order valence-corrected chi connectivity index (χ3v) is 4.91. The monoisotopic (exact) mass is 210 g/mol. The second-order valence-corrected chi connectivity index (χ2v) is 5.79. The summed E-state index contributed by atoms with van der Waals surface area (Å²) in [7, 11) is 0. The molecule has 15 heavy (non-hydrogen) atoms. The van der Waals surface area contributed by atoms with Gasteiger partial charge in [0.2, 0.25) is 0 Å². The fraction of sp³-hybridized carbons (Fsp3) is 1.00. The van der Waals surface area contributed by atoms with Gasteiger partial charge in [0, 0.05) is 0 Å². The minimum Gasteiger partial charge on any atom is -0.390 e. The van der Waals surface area contributed by atoms with Crippen molar-refractivity contribution in [3.05, 3.63) is 0 Å². The van der Waals surface area contributed by atoms with Crippen LogP contribution in [-0.4, -0.2) is 10.7 Å². The van der Waals surface area contributed by atoms with Crippen LogP contribution in [-0.2, 0) is 0 Å². The average molecular weight is 210 g/mol. The van der Waals surface area contributed by atoms with Crippen molar-refractivity contribution in [3.63, 3.8) is 0 Å². The van der Waals surface area contributed by atoms with E-state index in [1.54, 1.807) is 0 Å². The molecule has 2 aliphatic carbocycles. The van der Waals surface area contributed by atoms with Crippen LogP contribution in [0.15, 0.2) is 0 Å². The standard InChI is InChI=1S/C14H26O/c1-2-12-8-10-14(15,11-9-12)13-6-4-3-5-7-13/h12-13,15H,2-11H2,1H3. The molecule has 0 radical (unpaired) electrons. The zero-order chi connectivity index (χ0) is 10.7. The molecular weight excluding hydrogens is 184 g/mol. The average Bonchev–Trinajstić information content (AvgIpc) is 2.31. The van der Waals surface area contributed by atoms with E-state index in [9.17, 15) is 5.11 Å². The summed E-state index contributed by atoms with van der Waals surface area (Å²) in [6.07, 6.45) is 12.7. The van der Waals surface area contributed by atoms with Gasteiger partial charge in [-0.2, -0.15) is 0 Å². The van der Waals surface area contributed by atoms with Crippen molar-refractivity contribution in [3.8, 4) is 0 Å². The fourth-order valence-corrected chi connectivity index (χ4v) is 3.63. The van der Waals surface area contributed by atoms with E-state index in [2.05, 4.69) is 6.92 Å². The van der Waals surface area contributed by atoms with Crippen molar-refractivity contribution < 1.29 is 5.11 Å². The Bertz CT molecular complexity index is 186. The molecule has 0 aliphatic heterocycles. The van der Waals surface area contributed by atoms with E-state index >= 15 is 0 Å². The molecular formula is C14H26O. The van der Waals surface area contributed by atoms with Crippen molar-refractivity contribution in [2.45, 2.75) is 76.7 Å². The fourth-order valence-electron chi connectivity index (χ4n) is 3.63. The van der Waals surface area contributed by atoms with E-state index in [-0.39, 0.29) is 5.60 Å². The predicted molar refractivity (Wildman–Crippen MR) is 63.8 cm³/mol. The molecule has 0 heterocycles. The molecule has 0 atom stereocenters. The Balaban J connectivity index is 1.89. The largest absolute Gasteiger partial charge is 0.390 e. The van der Waals surface area contributed by atoms with Gasteiger partial charge in [-0.25, -0.2) is 0 Å². The second-order valence-electron chi connectivity index (χ2n) is 5.79. The highest BCUT2D eigenvalue weighted by molar-refractivity contribution is 4.92. The van der Waals surface area contributed by atoms with Gasteiger partial charge in [0.1, 0.15) is 0 Å². The minimum absolute atomic E-state index is 0.272. The van der Waals surface area contributed by atoms with Crippen LogP contribution in [0.2, 0.25) is 0 Å². The first-order valence-corrected chi connectivity index (χ1v) is 6.97. The molecule has 2 aliphatic rings. The van der Waals surface area contributed by atoms with Crippen molar-refractivity contribution in [2.24, 2.45) is 11.8 Å². The summed E-state index contributed by atoms with van der Waals surface area (Å²) in [4.78, 5) is 0. The number of rotatable bonds is 2. The molecule has 2 rings (SSSR count). The van der Waals surface area contributed by atoms with E-state index in [0.717, 1.165) is 18.8 Å². The Kier molecular flexibility index (Phi) is 3.71. The number of aliphatic hydroxyl groups is 1. The maximum Gasteiger partial charge on any atom is 0.0676 e. The first-order valence-electron chi connectivity index (χ1n) is 6.97. The van der Waals surface area contributed by atoms with Crippen LogP contribution in [0.3, 0.4) is 0 Å². The van der Waals surface area contributed by atoms with Gasteiger partial charge >= 0.3 is 0 Å². The smallest absolute Gasteiger partial charge is 0.0676 e. The Morgan fingerprint density at radius 2 is 1.60 bits per heavy atom. The van der Waals surface area contributed by atoms with Crippen LogP contribution in [0.25, 0.3) is 0 Å². The number of hydrogen-bond acceptors (Lipinski definition) is 1. The first kappa shape index (κ1) is 11.4. The van der Waals surface area contributed by atoms with Crippen molar-refractivity contribution in [2.75, 3.05) is 0 Å². The Hall–Kier alpha value is -0.0400. The molecule has 0 aromatic heterocycles. The highest BCUT2D eigenvalue weighted by atomic mass is 16.3. The maximum absolute atomic E-state index is 10.7. The van der Waals surface area contributed by atoms with Crippen LogP contribution in [0.5, 0.6) is 0 Å². The molecule has 1 heteroatoms. The van der Waals surface area contributed by atoms with Gasteiger partial charge in [-0.1, -0.05) is 32.6 Å². The summed E-state index contributed by atoms with van der Waals surface area (Å²) in [5, 5.41) is 10.7. The third-order valence-electron chi connectivity index (χ3n) is 4.91. The normalized spacial score (nSPS) is 39.2. The molecule has 0 saturated heterocycles. The van der Waals surface area contributed by atoms with E-state index < -0.39 is 0 Å². The van der Waals surface area contributed by atoms with Gasteiger partial charge in [0.15, 0.2) is 0 Å². The minimum atomic E-state index is -0.272. The van der Waals surface area contributed by atoms with Crippen LogP contribution >= 0.6 is 0 Å². The molecule has 0 unspecified atom stereocenters. The summed E-state index contributed by atoms with van der Waals surface area (Å²) in [6, 6.07) is 0. The highest BCUT2D eigenvalue weighted by Gasteiger charge is 2.39. The van der Waals surface area contributed by atoms with Crippen LogP contribution < -0.4 is 0 Å². The van der Waals surface area contributed by atoms with Crippen LogP contribution in [0.1, 0.15) is 71.1 Å². The van der Waals surface area contributed by atoms with Crippen molar-refractivity contribution in [1.82, 2.24) is 0 Å². The SMILES string of the molecule is CCC1CCC(O)(C2CCCCC2)CC1. The topological polar surface area (TPSA) is 20.2 Å². The van der Waals surface area contributed by atoms with Crippen LogP contribution in [0.4, 0.5) is 0 Å². The summed E-state index contributed by atoms with van der Waals surface area (Å²) >= 11 is 0. The molecule has 0 aromatic carbocycles. The van der Waals surface area contributed by atoms with Crippen molar-refractivity contribution >= 4 is 0 Å². The van der Waals surface area contributed by atoms with E-state index in [1.165, 1.54) is 51.4 Å². The Labute approximate surface area is 94.3 Å². The third kappa shape index (κ3) is 2.55. The molecule has 0 aromatic rings. The molecule has 88 valence electrons.